The highest BCUT2D eigenvalue weighted by molar-refractivity contribution is 7.91. The molecule has 0 radical (unpaired) electrons. The second kappa shape index (κ2) is 8.40. The first kappa shape index (κ1) is 20.5. The van der Waals surface area contributed by atoms with E-state index in [2.05, 4.69) is 10.4 Å². The van der Waals surface area contributed by atoms with Gasteiger partial charge in [-0.05, 0) is 49.2 Å². The summed E-state index contributed by atoms with van der Waals surface area (Å²) >= 11 is 0. The third kappa shape index (κ3) is 4.78. The van der Waals surface area contributed by atoms with Crippen LogP contribution in [0, 0.1) is 6.92 Å². The predicted octanol–water partition coefficient (Wildman–Crippen LogP) is 2.59. The fraction of sp³-hybridized carbons (Fsp3) is 0.190. The van der Waals surface area contributed by atoms with Crippen LogP contribution in [-0.4, -0.2) is 24.1 Å². The SMILES string of the molecule is CCc1cccc(NC(=O)Cn2nc(S(=O)(=O)c3ccc(C)cc3)ccc2=O)c1. The van der Waals surface area contributed by atoms with Gasteiger partial charge >= 0.3 is 0 Å². The zero-order valence-electron chi connectivity index (χ0n) is 16.1. The van der Waals surface area contributed by atoms with Crippen LogP contribution in [0.2, 0.25) is 0 Å². The average Bonchev–Trinajstić information content (AvgIpc) is 2.70. The molecule has 0 fully saturated rings. The smallest absolute Gasteiger partial charge is 0.267 e. The summed E-state index contributed by atoms with van der Waals surface area (Å²) in [5.41, 5.74) is 2.02. The van der Waals surface area contributed by atoms with Gasteiger partial charge < -0.3 is 5.32 Å². The molecule has 0 saturated carbocycles. The Balaban J connectivity index is 1.84. The summed E-state index contributed by atoms with van der Waals surface area (Å²) in [6.07, 6.45) is 0.823. The van der Waals surface area contributed by atoms with Crippen LogP contribution in [0.4, 0.5) is 5.69 Å². The molecule has 1 N–H and O–H groups in total. The summed E-state index contributed by atoms with van der Waals surface area (Å²) in [4.78, 5) is 24.5. The molecular formula is C21H21N3O4S. The van der Waals surface area contributed by atoms with Gasteiger partial charge in [-0.25, -0.2) is 13.1 Å². The molecular weight excluding hydrogens is 390 g/mol. The molecule has 0 saturated heterocycles. The van der Waals surface area contributed by atoms with E-state index in [1.165, 1.54) is 12.1 Å². The van der Waals surface area contributed by atoms with E-state index < -0.39 is 27.8 Å². The number of aromatic nitrogens is 2. The minimum absolute atomic E-state index is 0.0710. The molecule has 150 valence electrons. The molecule has 0 spiro atoms. The van der Waals surface area contributed by atoms with Crippen molar-refractivity contribution < 1.29 is 13.2 Å². The quantitative estimate of drug-likeness (QED) is 0.672. The van der Waals surface area contributed by atoms with Crippen LogP contribution < -0.4 is 10.9 Å². The fourth-order valence-electron chi connectivity index (χ4n) is 2.73. The van der Waals surface area contributed by atoms with Gasteiger partial charge in [0, 0.05) is 11.8 Å². The highest BCUT2D eigenvalue weighted by Crippen LogP contribution is 2.18. The number of sulfone groups is 1. The van der Waals surface area contributed by atoms with Gasteiger partial charge in [0.05, 0.1) is 4.90 Å². The molecule has 29 heavy (non-hydrogen) atoms. The molecule has 7 nitrogen and oxygen atoms in total. The topological polar surface area (TPSA) is 98.1 Å². The normalized spacial score (nSPS) is 11.2. The second-order valence-corrected chi connectivity index (χ2v) is 8.48. The highest BCUT2D eigenvalue weighted by Gasteiger charge is 2.21. The summed E-state index contributed by atoms with van der Waals surface area (Å²) in [5, 5.41) is 6.32. The van der Waals surface area contributed by atoms with Gasteiger partial charge in [0.25, 0.3) is 5.56 Å². The van der Waals surface area contributed by atoms with E-state index in [0.717, 1.165) is 34.4 Å². The third-order valence-electron chi connectivity index (χ3n) is 4.36. The number of aryl methyl sites for hydroxylation is 2. The Labute approximate surface area is 168 Å². The Morgan fingerprint density at radius 3 is 2.48 bits per heavy atom. The third-order valence-corrected chi connectivity index (χ3v) is 6.02. The van der Waals surface area contributed by atoms with Gasteiger partial charge in [-0.1, -0.05) is 36.8 Å². The van der Waals surface area contributed by atoms with E-state index >= 15 is 0 Å². The minimum atomic E-state index is -3.90. The van der Waals surface area contributed by atoms with E-state index in [0.29, 0.717) is 5.69 Å². The lowest BCUT2D eigenvalue weighted by atomic mass is 10.1. The van der Waals surface area contributed by atoms with Crippen LogP contribution in [0.1, 0.15) is 18.1 Å². The first-order valence-corrected chi connectivity index (χ1v) is 10.6. The van der Waals surface area contributed by atoms with E-state index in [-0.39, 0.29) is 9.92 Å². The monoisotopic (exact) mass is 411 g/mol. The second-order valence-electron chi connectivity index (χ2n) is 6.59. The minimum Gasteiger partial charge on any atom is -0.324 e. The molecule has 0 atom stereocenters. The Morgan fingerprint density at radius 2 is 1.79 bits per heavy atom. The molecule has 1 heterocycles. The summed E-state index contributed by atoms with van der Waals surface area (Å²) in [6, 6.07) is 15.9. The lowest BCUT2D eigenvalue weighted by Gasteiger charge is -2.09. The maximum atomic E-state index is 12.8. The maximum Gasteiger partial charge on any atom is 0.267 e. The van der Waals surface area contributed by atoms with Gasteiger partial charge in [0.1, 0.15) is 6.54 Å². The van der Waals surface area contributed by atoms with Crippen molar-refractivity contribution in [3.63, 3.8) is 0 Å². The van der Waals surface area contributed by atoms with Crippen molar-refractivity contribution in [1.29, 1.82) is 0 Å². The number of hydrogen-bond acceptors (Lipinski definition) is 5. The fourth-order valence-corrected chi connectivity index (χ4v) is 3.92. The number of hydrogen-bond donors (Lipinski definition) is 1. The average molecular weight is 411 g/mol. The number of amides is 1. The summed E-state index contributed by atoms with van der Waals surface area (Å²) in [6.45, 7) is 3.46. The van der Waals surface area contributed by atoms with Gasteiger partial charge in [0.2, 0.25) is 15.7 Å². The predicted molar refractivity (Wildman–Crippen MR) is 110 cm³/mol. The Morgan fingerprint density at radius 1 is 1.07 bits per heavy atom. The first-order valence-electron chi connectivity index (χ1n) is 9.08. The number of nitrogens with one attached hydrogen (secondary N) is 1. The molecule has 8 heteroatoms. The van der Waals surface area contributed by atoms with Crippen molar-refractivity contribution in [2.24, 2.45) is 0 Å². The molecule has 2 aromatic carbocycles. The lowest BCUT2D eigenvalue weighted by Crippen LogP contribution is -2.30. The largest absolute Gasteiger partial charge is 0.324 e. The summed E-state index contributed by atoms with van der Waals surface area (Å²) < 4.78 is 26.4. The van der Waals surface area contributed by atoms with Crippen LogP contribution in [-0.2, 0) is 27.6 Å². The van der Waals surface area contributed by atoms with Crippen LogP contribution in [0.15, 0.2) is 75.4 Å². The number of carbonyl (C=O) groups is 1. The number of nitrogens with zero attached hydrogens (tertiary/aromatic N) is 2. The van der Waals surface area contributed by atoms with Gasteiger partial charge in [0.15, 0.2) is 5.03 Å². The molecule has 0 aliphatic carbocycles. The molecule has 3 rings (SSSR count). The van der Waals surface area contributed by atoms with E-state index in [1.54, 1.807) is 18.2 Å². The van der Waals surface area contributed by atoms with E-state index in [9.17, 15) is 18.0 Å². The molecule has 1 aromatic heterocycles. The maximum absolute atomic E-state index is 12.8. The summed E-state index contributed by atoms with van der Waals surface area (Å²) in [7, 11) is -3.90. The van der Waals surface area contributed by atoms with Gasteiger partial charge in [-0.15, -0.1) is 0 Å². The van der Waals surface area contributed by atoms with Crippen molar-refractivity contribution in [3.05, 3.63) is 82.1 Å². The lowest BCUT2D eigenvalue weighted by molar-refractivity contribution is -0.117. The van der Waals surface area contributed by atoms with E-state index in [4.69, 9.17) is 0 Å². The van der Waals surface area contributed by atoms with E-state index in [1.807, 2.05) is 32.0 Å². The number of anilines is 1. The Bertz CT molecular complexity index is 1200. The number of benzene rings is 2. The van der Waals surface area contributed by atoms with Crippen LogP contribution in [0.5, 0.6) is 0 Å². The van der Waals surface area contributed by atoms with Crippen molar-refractivity contribution in [2.75, 3.05) is 5.32 Å². The zero-order chi connectivity index (χ0) is 21.0. The number of carbonyl (C=O) groups excluding carboxylic acids is 1. The van der Waals surface area contributed by atoms with Gasteiger partial charge in [-0.2, -0.15) is 5.10 Å². The Kier molecular flexibility index (Phi) is 5.93. The number of rotatable bonds is 6. The van der Waals surface area contributed by atoms with Crippen molar-refractivity contribution in [3.8, 4) is 0 Å². The molecule has 0 unspecified atom stereocenters. The molecule has 1 amide bonds. The standard InChI is InChI=1S/C21H21N3O4S/c1-3-16-5-4-6-17(13-16)22-19(25)14-24-21(26)12-11-20(23-24)29(27,28)18-9-7-15(2)8-10-18/h4-13H,3,14H2,1-2H3,(H,22,25). The molecule has 0 aliphatic rings. The summed E-state index contributed by atoms with van der Waals surface area (Å²) in [5.74, 6) is -0.474. The molecule has 0 bridgehead atoms. The van der Waals surface area contributed by atoms with Crippen molar-refractivity contribution >= 4 is 21.4 Å². The first-order chi connectivity index (χ1) is 13.8. The van der Waals surface area contributed by atoms with Crippen LogP contribution >= 0.6 is 0 Å². The van der Waals surface area contributed by atoms with Crippen LogP contribution in [0.25, 0.3) is 0 Å². The van der Waals surface area contributed by atoms with Crippen molar-refractivity contribution in [2.45, 2.75) is 36.7 Å². The Hall–Kier alpha value is -3.26. The molecule has 3 aromatic rings. The zero-order valence-corrected chi connectivity index (χ0v) is 16.9. The molecule has 0 aliphatic heterocycles. The van der Waals surface area contributed by atoms with Crippen molar-refractivity contribution in [1.82, 2.24) is 9.78 Å². The van der Waals surface area contributed by atoms with Gasteiger partial charge in [-0.3, -0.25) is 9.59 Å². The highest BCUT2D eigenvalue weighted by atomic mass is 32.2. The van der Waals surface area contributed by atoms with Crippen LogP contribution in [0.3, 0.4) is 0 Å².